The molecule has 1 fully saturated rings. The van der Waals surface area contributed by atoms with Crippen LogP contribution in [0.2, 0.25) is 0 Å². The zero-order valence-electron chi connectivity index (χ0n) is 23.7. The van der Waals surface area contributed by atoms with Gasteiger partial charge in [0.25, 0.3) is 0 Å². The molecule has 0 N–H and O–H groups in total. The molecule has 3 aliphatic rings. The standard InChI is InChI=1S/C29H44O5P/c1-26(2,3)16-13-14-17-18(15-16)25(29(10,11)12)34-35(32)33-24-19(17)22(30)20(27(4,5)6)23(31)21(24)28(7,8)9/h15,20-21,24H,13-14H2,1-12H3/q+1/b19-17-,25-18?. The van der Waals surface area contributed by atoms with Crippen LogP contribution in [-0.2, 0) is 23.2 Å². The summed E-state index contributed by atoms with van der Waals surface area (Å²) in [5.74, 6) is -1.13. The molecule has 0 saturated heterocycles. The summed E-state index contributed by atoms with van der Waals surface area (Å²) in [6.07, 6.45) is 2.71. The molecule has 0 spiro atoms. The summed E-state index contributed by atoms with van der Waals surface area (Å²) >= 11 is 0. The van der Waals surface area contributed by atoms with Crippen LogP contribution in [0, 0.1) is 33.5 Å². The van der Waals surface area contributed by atoms with Crippen molar-refractivity contribution < 1.29 is 23.2 Å². The van der Waals surface area contributed by atoms with Crippen LogP contribution in [0.4, 0.5) is 0 Å². The number of carbonyl (C=O) groups excluding carboxylic acids is 2. The number of rotatable bonds is 0. The molecule has 0 aromatic carbocycles. The van der Waals surface area contributed by atoms with E-state index in [1.54, 1.807) is 0 Å². The van der Waals surface area contributed by atoms with Crippen molar-refractivity contribution in [1.82, 2.24) is 0 Å². The maximum absolute atomic E-state index is 14.2. The van der Waals surface area contributed by atoms with E-state index in [9.17, 15) is 14.2 Å². The van der Waals surface area contributed by atoms with Gasteiger partial charge in [-0.3, -0.25) is 9.59 Å². The van der Waals surface area contributed by atoms with E-state index in [4.69, 9.17) is 9.05 Å². The Morgan fingerprint density at radius 3 is 1.86 bits per heavy atom. The van der Waals surface area contributed by atoms with Crippen LogP contribution in [0.3, 0.4) is 0 Å². The maximum atomic E-state index is 14.2. The molecule has 0 bridgehead atoms. The predicted octanol–water partition coefficient (Wildman–Crippen LogP) is 7.90. The van der Waals surface area contributed by atoms with Crippen molar-refractivity contribution in [1.29, 1.82) is 0 Å². The van der Waals surface area contributed by atoms with E-state index in [1.807, 2.05) is 62.3 Å². The Kier molecular flexibility index (Phi) is 7.01. The quantitative estimate of drug-likeness (QED) is 0.248. The van der Waals surface area contributed by atoms with Crippen LogP contribution in [0.25, 0.3) is 0 Å². The first-order valence-corrected chi connectivity index (χ1v) is 13.8. The van der Waals surface area contributed by atoms with Crippen molar-refractivity contribution in [3.8, 4) is 0 Å². The van der Waals surface area contributed by atoms with E-state index >= 15 is 0 Å². The van der Waals surface area contributed by atoms with Gasteiger partial charge in [-0.1, -0.05) is 94.7 Å². The summed E-state index contributed by atoms with van der Waals surface area (Å²) in [6, 6.07) is 0. The average Bonchev–Trinajstić information content (AvgIpc) is 2.60. The van der Waals surface area contributed by atoms with Gasteiger partial charge in [0, 0.05) is 21.1 Å². The topological polar surface area (TPSA) is 69.7 Å². The highest BCUT2D eigenvalue weighted by Crippen LogP contribution is 2.54. The zero-order valence-corrected chi connectivity index (χ0v) is 24.6. The van der Waals surface area contributed by atoms with Crippen LogP contribution in [0.15, 0.2) is 34.1 Å². The lowest BCUT2D eigenvalue weighted by Gasteiger charge is -2.45. The molecule has 194 valence electrons. The molecule has 35 heavy (non-hydrogen) atoms. The molecule has 1 saturated carbocycles. The van der Waals surface area contributed by atoms with Gasteiger partial charge in [0.1, 0.15) is 0 Å². The van der Waals surface area contributed by atoms with Crippen molar-refractivity contribution in [2.45, 2.75) is 102 Å². The third kappa shape index (κ3) is 5.27. The fraction of sp³-hybridized carbons (Fsp3) is 0.724. The first-order chi connectivity index (χ1) is 15.7. The molecule has 0 aromatic rings. The van der Waals surface area contributed by atoms with Gasteiger partial charge in [0.2, 0.25) is 0 Å². The molecule has 2 aliphatic carbocycles. The number of hydrogen-bond acceptors (Lipinski definition) is 5. The van der Waals surface area contributed by atoms with Crippen LogP contribution < -0.4 is 0 Å². The summed E-state index contributed by atoms with van der Waals surface area (Å²) in [4.78, 5) is 28.1. The third-order valence-electron chi connectivity index (χ3n) is 7.37. The number of Topliss-reactive ketones (excluding diaryl/α,β-unsaturated/α-hetero) is 2. The monoisotopic (exact) mass is 503 g/mol. The van der Waals surface area contributed by atoms with Crippen LogP contribution in [0.5, 0.6) is 0 Å². The minimum Gasteiger partial charge on any atom is -0.298 e. The van der Waals surface area contributed by atoms with E-state index in [0.29, 0.717) is 17.8 Å². The summed E-state index contributed by atoms with van der Waals surface area (Å²) in [5.41, 5.74) is 1.95. The molecule has 4 atom stereocenters. The minimum atomic E-state index is -2.59. The van der Waals surface area contributed by atoms with Gasteiger partial charge < -0.3 is 0 Å². The minimum absolute atomic E-state index is 0.0545. The van der Waals surface area contributed by atoms with Gasteiger partial charge in [0.15, 0.2) is 23.4 Å². The second kappa shape index (κ2) is 8.77. The Labute approximate surface area is 212 Å². The smallest absolute Gasteiger partial charge is 0.298 e. The summed E-state index contributed by atoms with van der Waals surface area (Å²) in [7, 11) is -2.59. The van der Waals surface area contributed by atoms with Crippen LogP contribution in [-0.4, -0.2) is 17.7 Å². The van der Waals surface area contributed by atoms with E-state index in [0.717, 1.165) is 17.6 Å². The SMILES string of the molecule is CC(C)(C)C1=CC2=C(C(C)(C)C)O[P+](=O)OC3/C(=C\2CC1)C(=O)C(C(C)(C)C)C(=O)C3C(C)(C)C. The first-order valence-electron chi connectivity index (χ1n) is 12.7. The van der Waals surface area contributed by atoms with Gasteiger partial charge in [0.05, 0.1) is 11.8 Å². The molecular formula is C29H44O5P+. The number of ketones is 2. The Morgan fingerprint density at radius 2 is 1.40 bits per heavy atom. The Morgan fingerprint density at radius 1 is 0.829 bits per heavy atom. The third-order valence-corrected chi connectivity index (χ3v) is 8.10. The lowest BCUT2D eigenvalue weighted by atomic mass is 9.58. The van der Waals surface area contributed by atoms with Gasteiger partial charge >= 0.3 is 8.25 Å². The second-order valence-corrected chi connectivity index (χ2v) is 15.4. The number of carbonyl (C=O) groups is 2. The van der Waals surface area contributed by atoms with Gasteiger partial charge in [-0.2, -0.15) is 0 Å². The van der Waals surface area contributed by atoms with Crippen LogP contribution in [0.1, 0.15) is 95.9 Å². The number of fused-ring (bicyclic) bond motifs is 2. The van der Waals surface area contributed by atoms with E-state index < -0.39 is 42.4 Å². The molecule has 0 amide bonds. The molecule has 3 rings (SSSR count). The van der Waals surface area contributed by atoms with E-state index in [1.165, 1.54) is 5.57 Å². The van der Waals surface area contributed by atoms with Crippen molar-refractivity contribution in [2.24, 2.45) is 33.5 Å². The lowest BCUT2D eigenvalue weighted by molar-refractivity contribution is -0.147. The fourth-order valence-electron chi connectivity index (χ4n) is 5.64. The molecule has 6 heteroatoms. The molecular weight excluding hydrogens is 459 g/mol. The van der Waals surface area contributed by atoms with Crippen molar-refractivity contribution in [3.05, 3.63) is 34.1 Å². The summed E-state index contributed by atoms with van der Waals surface area (Å²) in [5, 5.41) is 0. The van der Waals surface area contributed by atoms with Crippen LogP contribution >= 0.6 is 8.25 Å². The van der Waals surface area contributed by atoms with Crippen molar-refractivity contribution in [3.63, 3.8) is 0 Å². The Bertz CT molecular complexity index is 1040. The van der Waals surface area contributed by atoms with E-state index in [-0.39, 0.29) is 17.0 Å². The number of allylic oxidation sites excluding steroid dienone is 5. The van der Waals surface area contributed by atoms with Crippen molar-refractivity contribution >= 4 is 19.8 Å². The Balaban J connectivity index is 2.46. The normalized spacial score (nSPS) is 30.2. The lowest BCUT2D eigenvalue weighted by Crippen LogP contribution is -2.55. The van der Waals surface area contributed by atoms with Gasteiger partial charge in [-0.25, -0.2) is 4.52 Å². The average molecular weight is 504 g/mol. The zero-order chi connectivity index (χ0) is 26.9. The predicted molar refractivity (Wildman–Crippen MR) is 140 cm³/mol. The van der Waals surface area contributed by atoms with E-state index in [2.05, 4.69) is 26.8 Å². The highest BCUT2D eigenvalue weighted by molar-refractivity contribution is 7.33. The van der Waals surface area contributed by atoms with Gasteiger partial charge in [-0.15, -0.1) is 4.52 Å². The molecule has 5 nitrogen and oxygen atoms in total. The highest BCUT2D eigenvalue weighted by Gasteiger charge is 2.59. The molecule has 4 unspecified atom stereocenters. The summed E-state index contributed by atoms with van der Waals surface area (Å²) in [6.45, 7) is 24.4. The van der Waals surface area contributed by atoms with Crippen molar-refractivity contribution in [2.75, 3.05) is 0 Å². The fourth-order valence-corrected chi connectivity index (χ4v) is 6.61. The molecule has 0 radical (unpaired) electrons. The first kappa shape index (κ1) is 28.0. The Hall–Kier alpha value is -1.58. The molecule has 1 heterocycles. The van der Waals surface area contributed by atoms with Gasteiger partial charge in [-0.05, 0) is 34.7 Å². The summed E-state index contributed by atoms with van der Waals surface area (Å²) < 4.78 is 25.3. The highest BCUT2D eigenvalue weighted by atomic mass is 31.1. The molecule has 0 aromatic heterocycles. The maximum Gasteiger partial charge on any atom is 0.750 e. The molecule has 1 aliphatic heterocycles. The largest absolute Gasteiger partial charge is 0.750 e. The second-order valence-electron chi connectivity index (χ2n) is 14.6. The number of hydrogen-bond donors (Lipinski definition) is 0.